The SMILES string of the molecule is c1cnc2nc(C3CCCCN3)[nH]c2c1. The fourth-order valence-electron chi connectivity index (χ4n) is 2.11. The number of pyridine rings is 1. The maximum atomic E-state index is 4.51. The summed E-state index contributed by atoms with van der Waals surface area (Å²) in [4.78, 5) is 12.1. The molecule has 0 bridgehead atoms. The predicted octanol–water partition coefficient (Wildman–Crippen LogP) is 1.77. The number of hydrogen-bond donors (Lipinski definition) is 2. The van der Waals surface area contributed by atoms with Crippen LogP contribution in [0.4, 0.5) is 0 Å². The van der Waals surface area contributed by atoms with E-state index in [0.717, 1.165) is 23.5 Å². The second kappa shape index (κ2) is 3.62. The molecule has 1 fully saturated rings. The van der Waals surface area contributed by atoms with E-state index >= 15 is 0 Å². The van der Waals surface area contributed by atoms with Crippen molar-refractivity contribution >= 4 is 11.2 Å². The molecule has 1 unspecified atom stereocenters. The van der Waals surface area contributed by atoms with Gasteiger partial charge in [0.25, 0.3) is 0 Å². The highest BCUT2D eigenvalue weighted by Crippen LogP contribution is 2.21. The Labute approximate surface area is 88.1 Å². The van der Waals surface area contributed by atoms with Crippen LogP contribution in [0.1, 0.15) is 31.1 Å². The van der Waals surface area contributed by atoms with Crippen LogP contribution in [0.15, 0.2) is 18.3 Å². The van der Waals surface area contributed by atoms with Crippen molar-refractivity contribution < 1.29 is 0 Å². The van der Waals surface area contributed by atoms with E-state index in [4.69, 9.17) is 0 Å². The van der Waals surface area contributed by atoms with E-state index in [-0.39, 0.29) is 0 Å². The Hall–Kier alpha value is -1.42. The van der Waals surface area contributed by atoms with Gasteiger partial charge in [0.1, 0.15) is 5.82 Å². The molecular weight excluding hydrogens is 188 g/mol. The van der Waals surface area contributed by atoms with Gasteiger partial charge in [0.2, 0.25) is 0 Å². The third-order valence-electron chi connectivity index (χ3n) is 2.92. The van der Waals surface area contributed by atoms with Gasteiger partial charge in [-0.05, 0) is 31.5 Å². The molecule has 0 saturated carbocycles. The van der Waals surface area contributed by atoms with Crippen molar-refractivity contribution in [1.82, 2.24) is 20.3 Å². The smallest absolute Gasteiger partial charge is 0.177 e. The number of nitrogens with zero attached hydrogens (tertiary/aromatic N) is 2. The number of imidazole rings is 1. The van der Waals surface area contributed by atoms with E-state index in [1.54, 1.807) is 6.20 Å². The molecule has 0 amide bonds. The molecule has 1 saturated heterocycles. The second-order valence-electron chi connectivity index (χ2n) is 4.00. The van der Waals surface area contributed by atoms with Gasteiger partial charge >= 0.3 is 0 Å². The van der Waals surface area contributed by atoms with Crippen molar-refractivity contribution in [1.29, 1.82) is 0 Å². The first-order valence-corrected chi connectivity index (χ1v) is 5.47. The molecule has 1 aliphatic rings. The van der Waals surface area contributed by atoms with E-state index in [2.05, 4.69) is 20.3 Å². The number of fused-ring (bicyclic) bond motifs is 1. The Morgan fingerprint density at radius 2 is 2.33 bits per heavy atom. The molecule has 4 nitrogen and oxygen atoms in total. The van der Waals surface area contributed by atoms with Gasteiger partial charge < -0.3 is 10.3 Å². The van der Waals surface area contributed by atoms with Crippen LogP contribution in [0.5, 0.6) is 0 Å². The van der Waals surface area contributed by atoms with Gasteiger partial charge in [-0.2, -0.15) is 0 Å². The molecule has 78 valence electrons. The van der Waals surface area contributed by atoms with Gasteiger partial charge in [-0.1, -0.05) is 6.42 Å². The summed E-state index contributed by atoms with van der Waals surface area (Å²) < 4.78 is 0. The number of H-pyrrole nitrogens is 1. The molecule has 0 aliphatic carbocycles. The van der Waals surface area contributed by atoms with Crippen molar-refractivity contribution in [3.05, 3.63) is 24.2 Å². The molecule has 2 N–H and O–H groups in total. The van der Waals surface area contributed by atoms with Gasteiger partial charge in [-0.25, -0.2) is 9.97 Å². The highest BCUT2D eigenvalue weighted by Gasteiger charge is 2.17. The van der Waals surface area contributed by atoms with Crippen LogP contribution in [0.25, 0.3) is 11.2 Å². The van der Waals surface area contributed by atoms with Gasteiger partial charge in [-0.3, -0.25) is 0 Å². The lowest BCUT2D eigenvalue weighted by Crippen LogP contribution is -2.27. The summed E-state index contributed by atoms with van der Waals surface area (Å²) >= 11 is 0. The summed E-state index contributed by atoms with van der Waals surface area (Å²) in [6.07, 6.45) is 5.50. The lowest BCUT2D eigenvalue weighted by atomic mass is 10.0. The van der Waals surface area contributed by atoms with E-state index in [1.807, 2.05) is 12.1 Å². The minimum absolute atomic E-state index is 0.382. The van der Waals surface area contributed by atoms with Crippen molar-refractivity contribution in [3.63, 3.8) is 0 Å². The molecule has 1 aliphatic heterocycles. The molecule has 2 aromatic rings. The van der Waals surface area contributed by atoms with Crippen molar-refractivity contribution in [3.8, 4) is 0 Å². The average Bonchev–Trinajstić information content (AvgIpc) is 2.74. The molecule has 1 atom stereocenters. The summed E-state index contributed by atoms with van der Waals surface area (Å²) in [5.74, 6) is 1.03. The summed E-state index contributed by atoms with van der Waals surface area (Å²) in [5.41, 5.74) is 1.85. The number of rotatable bonds is 1. The van der Waals surface area contributed by atoms with E-state index < -0.39 is 0 Å². The van der Waals surface area contributed by atoms with Crippen molar-refractivity contribution in [2.45, 2.75) is 25.3 Å². The molecule has 3 heterocycles. The quantitative estimate of drug-likeness (QED) is 0.741. The van der Waals surface area contributed by atoms with Crippen molar-refractivity contribution in [2.24, 2.45) is 0 Å². The minimum atomic E-state index is 0.382. The zero-order valence-corrected chi connectivity index (χ0v) is 8.53. The maximum absolute atomic E-state index is 4.51. The predicted molar refractivity (Wildman–Crippen MR) is 58.5 cm³/mol. The van der Waals surface area contributed by atoms with Crippen LogP contribution in [0.3, 0.4) is 0 Å². The Balaban J connectivity index is 1.96. The van der Waals surface area contributed by atoms with Crippen molar-refractivity contribution in [2.75, 3.05) is 6.54 Å². The van der Waals surface area contributed by atoms with Gasteiger partial charge in [0.15, 0.2) is 5.65 Å². The normalized spacial score (nSPS) is 22.0. The Morgan fingerprint density at radius 1 is 1.33 bits per heavy atom. The average molecular weight is 202 g/mol. The minimum Gasteiger partial charge on any atom is -0.339 e. The fraction of sp³-hybridized carbons (Fsp3) is 0.455. The molecule has 0 spiro atoms. The number of hydrogen-bond acceptors (Lipinski definition) is 3. The standard InChI is InChI=1S/C11H14N4/c1-2-6-12-8(4-1)11-14-9-5-3-7-13-10(9)15-11/h3,5,7-8,12H,1-2,4,6H2,(H,13,14,15). The lowest BCUT2D eigenvalue weighted by molar-refractivity contribution is 0.400. The van der Waals surface area contributed by atoms with E-state index in [1.165, 1.54) is 19.3 Å². The van der Waals surface area contributed by atoms with Crippen LogP contribution in [-0.2, 0) is 0 Å². The second-order valence-corrected chi connectivity index (χ2v) is 4.00. The molecule has 0 aromatic carbocycles. The molecule has 0 radical (unpaired) electrons. The van der Waals surface area contributed by atoms with Crippen LogP contribution >= 0.6 is 0 Å². The highest BCUT2D eigenvalue weighted by molar-refractivity contribution is 5.69. The number of aromatic amines is 1. The highest BCUT2D eigenvalue weighted by atomic mass is 15.1. The molecule has 4 heteroatoms. The zero-order chi connectivity index (χ0) is 10.1. The van der Waals surface area contributed by atoms with Gasteiger partial charge in [0, 0.05) is 6.20 Å². The van der Waals surface area contributed by atoms with E-state index in [9.17, 15) is 0 Å². The lowest BCUT2D eigenvalue weighted by Gasteiger charge is -2.21. The van der Waals surface area contributed by atoms with Gasteiger partial charge in [0.05, 0.1) is 11.6 Å². The topological polar surface area (TPSA) is 53.6 Å². The first-order valence-electron chi connectivity index (χ1n) is 5.47. The van der Waals surface area contributed by atoms with Crippen LogP contribution in [0.2, 0.25) is 0 Å². The molecular formula is C11H14N4. The summed E-state index contributed by atoms with van der Waals surface area (Å²) in [6, 6.07) is 4.33. The number of nitrogens with one attached hydrogen (secondary N) is 2. The van der Waals surface area contributed by atoms with Crippen LogP contribution in [-0.4, -0.2) is 21.5 Å². The zero-order valence-electron chi connectivity index (χ0n) is 8.53. The molecule has 2 aromatic heterocycles. The maximum Gasteiger partial charge on any atom is 0.177 e. The summed E-state index contributed by atoms with van der Waals surface area (Å²) in [5, 5.41) is 3.47. The summed E-state index contributed by atoms with van der Waals surface area (Å²) in [7, 11) is 0. The van der Waals surface area contributed by atoms with E-state index in [0.29, 0.717) is 6.04 Å². The van der Waals surface area contributed by atoms with Crippen LogP contribution in [0, 0.1) is 0 Å². The number of aromatic nitrogens is 3. The number of piperidine rings is 1. The Bertz CT molecular complexity index is 423. The summed E-state index contributed by atoms with van der Waals surface area (Å²) in [6.45, 7) is 1.09. The van der Waals surface area contributed by atoms with Gasteiger partial charge in [-0.15, -0.1) is 0 Å². The Kier molecular flexibility index (Phi) is 2.14. The fourth-order valence-corrected chi connectivity index (χ4v) is 2.11. The molecule has 15 heavy (non-hydrogen) atoms. The largest absolute Gasteiger partial charge is 0.339 e. The first-order chi connectivity index (χ1) is 7.43. The first kappa shape index (κ1) is 8.85. The third-order valence-corrected chi connectivity index (χ3v) is 2.92. The molecule has 3 rings (SSSR count). The van der Waals surface area contributed by atoms with Crippen LogP contribution < -0.4 is 5.32 Å². The monoisotopic (exact) mass is 202 g/mol. The Morgan fingerprint density at radius 3 is 3.13 bits per heavy atom. The third kappa shape index (κ3) is 1.61.